The molecule has 0 aliphatic heterocycles. The van der Waals surface area contributed by atoms with Crippen LogP contribution in [0.1, 0.15) is 34.6 Å². The van der Waals surface area contributed by atoms with Crippen LogP contribution < -0.4 is 12.4 Å². The van der Waals surface area contributed by atoms with E-state index in [4.69, 9.17) is 10.2 Å². The molecule has 26 heavy (non-hydrogen) atoms. The van der Waals surface area contributed by atoms with Crippen LogP contribution in [0.4, 0.5) is 0 Å². The molecule has 0 unspecified atom stereocenters. The van der Waals surface area contributed by atoms with Gasteiger partial charge in [0.05, 0.1) is 0 Å². The second kappa shape index (κ2) is 12.8. The van der Waals surface area contributed by atoms with Gasteiger partial charge in [0.2, 0.25) is 0 Å². The standard InChI is InChI=1S/C10H15.2C6H6O.ClH.Ti/c1-7-6-10(4,5)9(3)8(7)2;2*7-6-4-2-1-3-5-6;;/h1-5H3;2*1-5,7H;1H;/q-1;;;;+2/p-1. The Balaban J connectivity index is 0. The minimum Gasteiger partial charge on any atom is -1.00 e. The van der Waals surface area contributed by atoms with Gasteiger partial charge in [-0.05, 0) is 24.3 Å². The van der Waals surface area contributed by atoms with Crippen molar-refractivity contribution in [2.75, 3.05) is 0 Å². The van der Waals surface area contributed by atoms with E-state index in [1.807, 2.05) is 12.1 Å². The van der Waals surface area contributed by atoms with Crippen LogP contribution in [0.2, 0.25) is 0 Å². The number of rotatable bonds is 0. The molecule has 0 spiro atoms. The number of phenols is 2. The van der Waals surface area contributed by atoms with Crippen molar-refractivity contribution in [1.29, 1.82) is 0 Å². The molecule has 4 heteroatoms. The first-order valence-corrected chi connectivity index (χ1v) is 8.02. The maximum Gasteiger partial charge on any atom is 2.00 e. The van der Waals surface area contributed by atoms with Gasteiger partial charge in [-0.25, -0.2) is 5.57 Å². The van der Waals surface area contributed by atoms with E-state index < -0.39 is 0 Å². The van der Waals surface area contributed by atoms with Crippen molar-refractivity contribution in [1.82, 2.24) is 0 Å². The molecule has 3 rings (SSSR count). The molecular formula is C22H27ClO2Ti. The Morgan fingerprint density at radius 1 is 0.731 bits per heavy atom. The quantitative estimate of drug-likeness (QED) is 0.522. The molecule has 2 N–H and O–H groups in total. The Morgan fingerprint density at radius 2 is 1.08 bits per heavy atom. The molecular weight excluding hydrogens is 380 g/mol. The monoisotopic (exact) mass is 406 g/mol. The van der Waals surface area contributed by atoms with Gasteiger partial charge in [-0.1, -0.05) is 69.5 Å². The van der Waals surface area contributed by atoms with Crippen molar-refractivity contribution in [3.05, 3.63) is 83.5 Å². The van der Waals surface area contributed by atoms with Gasteiger partial charge in [-0.3, -0.25) is 6.08 Å². The number of aromatic hydroxyl groups is 2. The second-order valence-electron chi connectivity index (χ2n) is 6.30. The van der Waals surface area contributed by atoms with Gasteiger partial charge in [0.15, 0.2) is 0 Å². The topological polar surface area (TPSA) is 40.5 Å². The van der Waals surface area contributed by atoms with Gasteiger partial charge in [0, 0.05) is 0 Å². The summed E-state index contributed by atoms with van der Waals surface area (Å²) in [5.41, 5.74) is 4.39. The number of hydrogen-bond donors (Lipinski definition) is 2. The van der Waals surface area contributed by atoms with Crippen LogP contribution >= 0.6 is 0 Å². The Morgan fingerprint density at radius 3 is 1.19 bits per heavy atom. The van der Waals surface area contributed by atoms with Crippen LogP contribution in [0.5, 0.6) is 11.5 Å². The number of halogens is 1. The molecule has 0 saturated carbocycles. The predicted octanol–water partition coefficient (Wildman–Crippen LogP) is 2.90. The normalized spacial score (nSPS) is 13.7. The zero-order valence-electron chi connectivity index (χ0n) is 16.0. The Hall–Kier alpha value is -1.48. The van der Waals surface area contributed by atoms with Gasteiger partial charge in [0.1, 0.15) is 11.5 Å². The zero-order chi connectivity index (χ0) is 18.2. The third kappa shape index (κ3) is 9.29. The first kappa shape index (κ1) is 26.8. The molecule has 0 radical (unpaired) electrons. The summed E-state index contributed by atoms with van der Waals surface area (Å²) in [5, 5.41) is 17.3. The fourth-order valence-corrected chi connectivity index (χ4v) is 2.26. The number of hydrogen-bond acceptors (Lipinski definition) is 2. The first-order chi connectivity index (χ1) is 11.2. The fraction of sp³-hybridized carbons (Fsp3) is 0.273. The van der Waals surface area contributed by atoms with E-state index >= 15 is 0 Å². The van der Waals surface area contributed by atoms with Crippen LogP contribution in [-0.4, -0.2) is 10.2 Å². The SMILES string of the molecule is CC1=[C-]C(C)(C)C(C)=C1C.Oc1ccccc1.Oc1ccccc1.[Cl-].[Ti+2]. The molecule has 138 valence electrons. The van der Waals surface area contributed by atoms with Crippen molar-refractivity contribution in [3.63, 3.8) is 0 Å². The van der Waals surface area contributed by atoms with Gasteiger partial charge in [0.25, 0.3) is 0 Å². The molecule has 0 saturated heterocycles. The van der Waals surface area contributed by atoms with Crippen molar-refractivity contribution >= 4 is 0 Å². The van der Waals surface area contributed by atoms with Crippen molar-refractivity contribution in [2.45, 2.75) is 34.6 Å². The van der Waals surface area contributed by atoms with E-state index in [2.05, 4.69) is 40.7 Å². The van der Waals surface area contributed by atoms with Gasteiger partial charge in [-0.15, -0.1) is 6.92 Å². The Labute approximate surface area is 179 Å². The zero-order valence-corrected chi connectivity index (χ0v) is 18.4. The van der Waals surface area contributed by atoms with E-state index in [9.17, 15) is 0 Å². The minimum atomic E-state index is 0. The summed E-state index contributed by atoms with van der Waals surface area (Å²) in [4.78, 5) is 0. The van der Waals surface area contributed by atoms with Crippen molar-refractivity contribution in [3.8, 4) is 11.5 Å². The summed E-state index contributed by atoms with van der Waals surface area (Å²) in [6.45, 7) is 10.9. The molecule has 2 aromatic rings. The molecule has 0 bridgehead atoms. The summed E-state index contributed by atoms with van der Waals surface area (Å²) in [6.07, 6.45) is 3.44. The number of allylic oxidation sites excluding steroid dienone is 4. The van der Waals surface area contributed by atoms with E-state index in [-0.39, 0.29) is 39.5 Å². The van der Waals surface area contributed by atoms with Gasteiger partial charge < -0.3 is 22.6 Å². The van der Waals surface area contributed by atoms with E-state index in [0.29, 0.717) is 11.5 Å². The summed E-state index contributed by atoms with van der Waals surface area (Å²) < 4.78 is 0. The summed E-state index contributed by atoms with van der Waals surface area (Å²) >= 11 is 0. The van der Waals surface area contributed by atoms with Crippen LogP contribution in [0, 0.1) is 11.5 Å². The third-order valence-corrected chi connectivity index (χ3v) is 4.07. The van der Waals surface area contributed by atoms with E-state index in [0.717, 1.165) is 0 Å². The molecule has 1 aliphatic carbocycles. The Kier molecular flexibility index (Phi) is 13.2. The minimum absolute atomic E-state index is 0. The van der Waals surface area contributed by atoms with Gasteiger partial charge in [-0.2, -0.15) is 11.1 Å². The van der Waals surface area contributed by atoms with Gasteiger partial charge >= 0.3 is 21.7 Å². The largest absolute Gasteiger partial charge is 2.00 e. The van der Waals surface area contributed by atoms with E-state index in [1.165, 1.54) is 16.7 Å². The van der Waals surface area contributed by atoms with E-state index in [1.54, 1.807) is 48.5 Å². The third-order valence-electron chi connectivity index (χ3n) is 4.07. The molecule has 0 aromatic heterocycles. The van der Waals surface area contributed by atoms with Crippen LogP contribution in [0.15, 0.2) is 77.4 Å². The Bertz CT molecular complexity index is 655. The smallest absolute Gasteiger partial charge is 1.00 e. The van der Waals surface area contributed by atoms with Crippen molar-refractivity contribution < 1.29 is 44.3 Å². The average molecular weight is 407 g/mol. The maximum absolute atomic E-state index is 8.63. The molecule has 2 nitrogen and oxygen atoms in total. The second-order valence-corrected chi connectivity index (χ2v) is 6.30. The number of para-hydroxylation sites is 2. The first-order valence-electron chi connectivity index (χ1n) is 8.02. The molecule has 1 aliphatic rings. The predicted molar refractivity (Wildman–Crippen MR) is 101 cm³/mol. The van der Waals surface area contributed by atoms with Crippen LogP contribution in [0.3, 0.4) is 0 Å². The fourth-order valence-electron chi connectivity index (χ4n) is 2.26. The molecule has 0 fully saturated rings. The summed E-state index contributed by atoms with van der Waals surface area (Å²) in [7, 11) is 0. The molecule has 0 atom stereocenters. The van der Waals surface area contributed by atoms with Crippen LogP contribution in [-0.2, 0) is 21.7 Å². The van der Waals surface area contributed by atoms with Crippen molar-refractivity contribution in [2.24, 2.45) is 5.41 Å². The summed E-state index contributed by atoms with van der Waals surface area (Å²) in [5.74, 6) is 0.644. The molecule has 0 heterocycles. The molecule has 2 aromatic carbocycles. The number of benzene rings is 2. The maximum atomic E-state index is 8.63. The molecule has 0 amide bonds. The summed E-state index contributed by atoms with van der Waals surface area (Å²) in [6, 6.07) is 17.4. The van der Waals surface area contributed by atoms with Crippen LogP contribution in [0.25, 0.3) is 0 Å². The number of phenolic OH excluding ortho intramolecular Hbond substituents is 2. The average Bonchev–Trinajstić information content (AvgIpc) is 2.72.